The highest BCUT2D eigenvalue weighted by molar-refractivity contribution is 5.96. The van der Waals surface area contributed by atoms with Gasteiger partial charge in [0.25, 0.3) is 5.91 Å². The summed E-state index contributed by atoms with van der Waals surface area (Å²) in [4.78, 5) is 20.4. The molecule has 120 valence electrons. The highest BCUT2D eigenvalue weighted by Crippen LogP contribution is 2.18. The van der Waals surface area contributed by atoms with Crippen molar-refractivity contribution in [1.29, 1.82) is 0 Å². The van der Waals surface area contributed by atoms with Gasteiger partial charge in [0.2, 0.25) is 5.88 Å². The van der Waals surface area contributed by atoms with Crippen molar-refractivity contribution in [1.82, 2.24) is 15.3 Å². The van der Waals surface area contributed by atoms with E-state index >= 15 is 0 Å². The first-order valence-corrected chi connectivity index (χ1v) is 7.54. The molecule has 0 spiro atoms. The van der Waals surface area contributed by atoms with Crippen LogP contribution < -0.4 is 10.1 Å². The largest absolute Gasteiger partial charge is 0.480 e. The Kier molecular flexibility index (Phi) is 4.81. The van der Waals surface area contributed by atoms with E-state index in [2.05, 4.69) is 15.3 Å². The number of hydrogen-bond acceptors (Lipinski definition) is 4. The number of nitrogens with one attached hydrogen (secondary N) is 1. The molecule has 0 bridgehead atoms. The lowest BCUT2D eigenvalue weighted by atomic mass is 10.1. The van der Waals surface area contributed by atoms with Crippen molar-refractivity contribution in [2.45, 2.75) is 6.54 Å². The average Bonchev–Trinajstić information content (AvgIpc) is 2.67. The summed E-state index contributed by atoms with van der Waals surface area (Å²) in [5.74, 6) is 0.109. The number of pyridine rings is 2. The fourth-order valence-electron chi connectivity index (χ4n) is 2.35. The number of aromatic nitrogens is 2. The second-order valence-electron chi connectivity index (χ2n) is 5.18. The molecular weight excluding hydrogens is 302 g/mol. The minimum absolute atomic E-state index is 0.212. The summed E-state index contributed by atoms with van der Waals surface area (Å²) in [7, 11) is 1.50. The molecule has 0 radical (unpaired) electrons. The molecular formula is C19H17N3O2. The molecule has 24 heavy (non-hydrogen) atoms. The lowest BCUT2D eigenvalue weighted by molar-refractivity contribution is 0.0947. The van der Waals surface area contributed by atoms with Crippen LogP contribution >= 0.6 is 0 Å². The van der Waals surface area contributed by atoms with Crippen molar-refractivity contribution in [2.24, 2.45) is 0 Å². The molecule has 5 heteroatoms. The van der Waals surface area contributed by atoms with Crippen LogP contribution in [0.15, 0.2) is 67.1 Å². The van der Waals surface area contributed by atoms with E-state index in [1.807, 2.05) is 42.6 Å². The Balaban J connectivity index is 1.66. The van der Waals surface area contributed by atoms with Crippen LogP contribution in [0.3, 0.4) is 0 Å². The summed E-state index contributed by atoms with van der Waals surface area (Å²) in [6.07, 6.45) is 5.17. The van der Waals surface area contributed by atoms with Crippen LogP contribution in [0.25, 0.3) is 11.1 Å². The zero-order valence-electron chi connectivity index (χ0n) is 13.3. The first kappa shape index (κ1) is 15.7. The molecule has 0 fully saturated rings. The Morgan fingerprint density at radius 3 is 2.54 bits per heavy atom. The molecule has 3 rings (SSSR count). The van der Waals surface area contributed by atoms with Gasteiger partial charge in [-0.2, -0.15) is 0 Å². The fraction of sp³-hybridized carbons (Fsp3) is 0.105. The van der Waals surface area contributed by atoms with Gasteiger partial charge in [0.1, 0.15) is 5.56 Å². The molecule has 0 aliphatic carbocycles. The van der Waals surface area contributed by atoms with Crippen molar-refractivity contribution >= 4 is 5.91 Å². The average molecular weight is 319 g/mol. The first-order valence-electron chi connectivity index (χ1n) is 7.54. The minimum atomic E-state index is -0.212. The van der Waals surface area contributed by atoms with Gasteiger partial charge in [-0.05, 0) is 34.9 Å². The molecule has 1 N–H and O–H groups in total. The van der Waals surface area contributed by atoms with Gasteiger partial charge in [0, 0.05) is 25.1 Å². The Labute approximate surface area is 140 Å². The molecule has 0 unspecified atom stereocenters. The third-order valence-electron chi connectivity index (χ3n) is 3.61. The van der Waals surface area contributed by atoms with E-state index in [4.69, 9.17) is 4.74 Å². The van der Waals surface area contributed by atoms with E-state index in [1.165, 1.54) is 7.11 Å². The Morgan fingerprint density at radius 1 is 1.04 bits per heavy atom. The SMILES string of the molecule is COc1ncccc1C(=O)NCc1ccc(-c2cccnc2)cc1. The second kappa shape index (κ2) is 7.37. The van der Waals surface area contributed by atoms with Gasteiger partial charge in [-0.1, -0.05) is 30.3 Å². The van der Waals surface area contributed by atoms with Crippen LogP contribution in [0.4, 0.5) is 0 Å². The number of nitrogens with zero attached hydrogens (tertiary/aromatic N) is 2. The lowest BCUT2D eigenvalue weighted by Gasteiger charge is -2.09. The van der Waals surface area contributed by atoms with Gasteiger partial charge in [0.15, 0.2) is 0 Å². The summed E-state index contributed by atoms with van der Waals surface area (Å²) in [6, 6.07) is 15.3. The molecule has 1 amide bonds. The molecule has 0 aliphatic heterocycles. The Hall–Kier alpha value is -3.21. The van der Waals surface area contributed by atoms with Crippen LogP contribution in [-0.2, 0) is 6.54 Å². The first-order chi connectivity index (χ1) is 11.8. The normalized spacial score (nSPS) is 10.2. The number of ether oxygens (including phenoxy) is 1. The number of amides is 1. The number of carbonyl (C=O) groups is 1. The number of hydrogen-bond donors (Lipinski definition) is 1. The van der Waals surface area contributed by atoms with Gasteiger partial charge in [-0.25, -0.2) is 4.98 Å². The Bertz CT molecular complexity index is 818. The fourth-order valence-corrected chi connectivity index (χ4v) is 2.35. The zero-order valence-corrected chi connectivity index (χ0v) is 13.3. The topological polar surface area (TPSA) is 64.1 Å². The summed E-state index contributed by atoms with van der Waals surface area (Å²) >= 11 is 0. The van der Waals surface area contributed by atoms with Crippen molar-refractivity contribution < 1.29 is 9.53 Å². The van der Waals surface area contributed by atoms with Crippen molar-refractivity contribution in [2.75, 3.05) is 7.11 Å². The van der Waals surface area contributed by atoms with Crippen LogP contribution in [0.1, 0.15) is 15.9 Å². The molecule has 5 nitrogen and oxygen atoms in total. The summed E-state index contributed by atoms with van der Waals surface area (Å²) in [6.45, 7) is 0.435. The predicted octanol–water partition coefficient (Wildman–Crippen LogP) is 3.08. The Morgan fingerprint density at radius 2 is 1.83 bits per heavy atom. The molecule has 0 aliphatic rings. The molecule has 0 atom stereocenters. The van der Waals surface area contributed by atoms with E-state index in [-0.39, 0.29) is 5.91 Å². The molecule has 3 aromatic rings. The highest BCUT2D eigenvalue weighted by atomic mass is 16.5. The maximum Gasteiger partial charge on any atom is 0.257 e. The van der Waals surface area contributed by atoms with Crippen molar-refractivity contribution in [3.63, 3.8) is 0 Å². The van der Waals surface area contributed by atoms with Crippen molar-refractivity contribution in [3.05, 3.63) is 78.2 Å². The maximum atomic E-state index is 12.2. The quantitative estimate of drug-likeness (QED) is 0.785. The van der Waals surface area contributed by atoms with Crippen LogP contribution in [0.2, 0.25) is 0 Å². The third-order valence-corrected chi connectivity index (χ3v) is 3.61. The number of rotatable bonds is 5. The van der Waals surface area contributed by atoms with Gasteiger partial charge in [0.05, 0.1) is 7.11 Å². The van der Waals surface area contributed by atoms with E-state index in [0.29, 0.717) is 18.0 Å². The summed E-state index contributed by atoms with van der Waals surface area (Å²) in [5, 5.41) is 2.88. The number of benzene rings is 1. The minimum Gasteiger partial charge on any atom is -0.480 e. The molecule has 1 aromatic carbocycles. The molecule has 2 heterocycles. The van der Waals surface area contributed by atoms with Gasteiger partial charge < -0.3 is 10.1 Å². The molecule has 0 saturated heterocycles. The molecule has 0 saturated carbocycles. The molecule has 2 aromatic heterocycles. The van der Waals surface area contributed by atoms with Gasteiger partial charge >= 0.3 is 0 Å². The maximum absolute atomic E-state index is 12.2. The highest BCUT2D eigenvalue weighted by Gasteiger charge is 2.12. The van der Waals surface area contributed by atoms with Gasteiger partial charge in [-0.3, -0.25) is 9.78 Å². The smallest absolute Gasteiger partial charge is 0.257 e. The number of carbonyl (C=O) groups excluding carboxylic acids is 1. The lowest BCUT2D eigenvalue weighted by Crippen LogP contribution is -2.23. The zero-order chi connectivity index (χ0) is 16.8. The predicted molar refractivity (Wildman–Crippen MR) is 91.6 cm³/mol. The van der Waals surface area contributed by atoms with E-state index in [1.54, 1.807) is 24.5 Å². The third kappa shape index (κ3) is 3.57. The standard InChI is InChI=1S/C19H17N3O2/c1-24-19-17(5-3-11-21-19)18(23)22-12-14-6-8-15(9-7-14)16-4-2-10-20-13-16/h2-11,13H,12H2,1H3,(H,22,23). The van der Waals surface area contributed by atoms with Crippen LogP contribution in [0, 0.1) is 0 Å². The summed E-state index contributed by atoms with van der Waals surface area (Å²) in [5.41, 5.74) is 3.59. The van der Waals surface area contributed by atoms with Crippen LogP contribution in [0.5, 0.6) is 5.88 Å². The monoisotopic (exact) mass is 319 g/mol. The summed E-state index contributed by atoms with van der Waals surface area (Å²) < 4.78 is 5.11. The number of methoxy groups -OCH3 is 1. The van der Waals surface area contributed by atoms with E-state index < -0.39 is 0 Å². The van der Waals surface area contributed by atoms with E-state index in [9.17, 15) is 4.79 Å². The van der Waals surface area contributed by atoms with Crippen molar-refractivity contribution in [3.8, 4) is 17.0 Å². The van der Waals surface area contributed by atoms with Gasteiger partial charge in [-0.15, -0.1) is 0 Å². The van der Waals surface area contributed by atoms with Crippen LogP contribution in [-0.4, -0.2) is 23.0 Å². The van der Waals surface area contributed by atoms with E-state index in [0.717, 1.165) is 16.7 Å². The second-order valence-corrected chi connectivity index (χ2v) is 5.18.